The summed E-state index contributed by atoms with van der Waals surface area (Å²) in [7, 11) is 1.74. The topological polar surface area (TPSA) is 86.3 Å². The molecule has 38 heavy (non-hydrogen) atoms. The van der Waals surface area contributed by atoms with Gasteiger partial charge in [0.15, 0.2) is 0 Å². The molecule has 198 valence electrons. The van der Waals surface area contributed by atoms with Crippen LogP contribution in [0, 0.1) is 0 Å². The Kier molecular flexibility index (Phi) is 8.46. The predicted octanol–water partition coefficient (Wildman–Crippen LogP) is 4.80. The summed E-state index contributed by atoms with van der Waals surface area (Å²) in [5.74, 6) is 1.44. The third kappa shape index (κ3) is 6.11. The van der Waals surface area contributed by atoms with Crippen LogP contribution < -0.4 is 5.73 Å². The van der Waals surface area contributed by atoms with Gasteiger partial charge in [-0.3, -0.25) is 9.78 Å². The van der Waals surface area contributed by atoms with Crippen molar-refractivity contribution < 1.29 is 9.53 Å². The number of rotatable bonds is 10. The van der Waals surface area contributed by atoms with Crippen molar-refractivity contribution in [3.8, 4) is 11.1 Å². The van der Waals surface area contributed by atoms with Crippen LogP contribution in [0.3, 0.4) is 0 Å². The molecule has 1 fully saturated rings. The molecule has 0 bridgehead atoms. The molecule has 1 amide bonds. The van der Waals surface area contributed by atoms with Crippen molar-refractivity contribution >= 4 is 16.9 Å². The Labute approximate surface area is 224 Å². The summed E-state index contributed by atoms with van der Waals surface area (Å²) in [6, 6.07) is 20.4. The summed E-state index contributed by atoms with van der Waals surface area (Å²) in [6.07, 6.45) is 7.59. The zero-order valence-corrected chi connectivity index (χ0v) is 22.1. The van der Waals surface area contributed by atoms with Gasteiger partial charge in [0, 0.05) is 64.1 Å². The maximum absolute atomic E-state index is 13.3. The van der Waals surface area contributed by atoms with Gasteiger partial charge in [-0.25, -0.2) is 4.98 Å². The van der Waals surface area contributed by atoms with Crippen LogP contribution in [0.1, 0.15) is 43.0 Å². The Balaban J connectivity index is 1.21. The molecule has 0 aliphatic carbocycles. The first kappa shape index (κ1) is 26.1. The van der Waals surface area contributed by atoms with Gasteiger partial charge in [-0.05, 0) is 60.6 Å². The van der Waals surface area contributed by atoms with Crippen molar-refractivity contribution in [2.75, 3.05) is 26.8 Å². The number of imidazole rings is 1. The van der Waals surface area contributed by atoms with Gasteiger partial charge in [-0.1, -0.05) is 42.5 Å². The van der Waals surface area contributed by atoms with Crippen molar-refractivity contribution in [1.82, 2.24) is 19.4 Å². The van der Waals surface area contributed by atoms with Gasteiger partial charge < -0.3 is 19.9 Å². The van der Waals surface area contributed by atoms with Crippen molar-refractivity contribution in [1.29, 1.82) is 0 Å². The predicted molar refractivity (Wildman–Crippen MR) is 151 cm³/mol. The number of methoxy groups -OCH3 is 1. The fraction of sp³-hybridized carbons (Fsp3) is 0.387. The van der Waals surface area contributed by atoms with E-state index in [0.717, 1.165) is 65.9 Å². The molecule has 2 aromatic carbocycles. The Hall–Kier alpha value is -3.55. The standard InChI is InChI=1S/C31H37N5O2/c1-38-18-6-17-36-29-10-3-2-9-28(29)34-31(36)26-8-5-16-35(22-26)30(37)20-27(32)19-23-11-13-24(14-12-23)25-7-4-15-33-21-25/h2-4,7,9-15,21,26-27H,5-6,8,16-20,22,32H2,1H3. The number of hydrogen-bond acceptors (Lipinski definition) is 5. The highest BCUT2D eigenvalue weighted by molar-refractivity contribution is 5.78. The first-order valence-corrected chi connectivity index (χ1v) is 13.6. The molecule has 3 heterocycles. The van der Waals surface area contributed by atoms with Crippen LogP contribution in [0.2, 0.25) is 0 Å². The van der Waals surface area contributed by atoms with Crippen molar-refractivity contribution in [3.63, 3.8) is 0 Å². The monoisotopic (exact) mass is 511 g/mol. The molecular formula is C31H37N5O2. The normalized spacial score (nSPS) is 16.6. The summed E-state index contributed by atoms with van der Waals surface area (Å²) >= 11 is 0. The number of amides is 1. The summed E-state index contributed by atoms with van der Waals surface area (Å²) in [6.45, 7) is 3.05. The second-order valence-electron chi connectivity index (χ2n) is 10.2. The van der Waals surface area contributed by atoms with Crippen molar-refractivity contribution in [2.45, 2.75) is 50.6 Å². The number of carbonyl (C=O) groups is 1. The quantitative estimate of drug-likeness (QED) is 0.309. The number of para-hydroxylation sites is 2. The largest absolute Gasteiger partial charge is 0.385 e. The minimum Gasteiger partial charge on any atom is -0.385 e. The summed E-state index contributed by atoms with van der Waals surface area (Å²) < 4.78 is 7.62. The van der Waals surface area contributed by atoms with E-state index in [9.17, 15) is 4.79 Å². The van der Waals surface area contributed by atoms with Crippen molar-refractivity contribution in [3.05, 3.63) is 84.4 Å². The molecule has 2 aromatic heterocycles. The lowest BCUT2D eigenvalue weighted by atomic mass is 9.95. The van der Waals surface area contributed by atoms with Gasteiger partial charge in [0.05, 0.1) is 11.0 Å². The third-order valence-electron chi connectivity index (χ3n) is 7.44. The SMILES string of the molecule is COCCCn1c(C2CCCN(C(=O)CC(N)Cc3ccc(-c4cccnc4)cc3)C2)nc2ccccc21. The minimum absolute atomic E-state index is 0.135. The lowest BCUT2D eigenvalue weighted by molar-refractivity contribution is -0.132. The van der Waals surface area contributed by atoms with E-state index in [1.807, 2.05) is 29.3 Å². The molecule has 1 aliphatic heterocycles. The molecule has 0 saturated carbocycles. The molecular weight excluding hydrogens is 474 g/mol. The number of piperidine rings is 1. The molecule has 7 heteroatoms. The first-order chi connectivity index (χ1) is 18.6. The van der Waals surface area contributed by atoms with E-state index in [1.165, 1.54) is 0 Å². The lowest BCUT2D eigenvalue weighted by Gasteiger charge is -2.33. The van der Waals surface area contributed by atoms with E-state index in [2.05, 4.69) is 52.0 Å². The fourth-order valence-electron chi connectivity index (χ4n) is 5.52. The van der Waals surface area contributed by atoms with Gasteiger partial charge >= 0.3 is 0 Å². The number of carbonyl (C=O) groups excluding carboxylic acids is 1. The van der Waals surface area contributed by atoms with Crippen LogP contribution >= 0.6 is 0 Å². The number of hydrogen-bond donors (Lipinski definition) is 1. The van der Waals surface area contributed by atoms with E-state index in [1.54, 1.807) is 13.3 Å². The zero-order chi connectivity index (χ0) is 26.3. The van der Waals surface area contributed by atoms with E-state index in [0.29, 0.717) is 26.0 Å². The molecule has 4 aromatic rings. The number of nitrogens with zero attached hydrogens (tertiary/aromatic N) is 4. The number of fused-ring (bicyclic) bond motifs is 1. The molecule has 2 atom stereocenters. The van der Waals surface area contributed by atoms with Crippen LogP contribution in [0.15, 0.2) is 73.1 Å². The van der Waals surface area contributed by atoms with Gasteiger partial charge in [-0.2, -0.15) is 0 Å². The van der Waals surface area contributed by atoms with Crippen LogP contribution in [-0.2, 0) is 22.5 Å². The van der Waals surface area contributed by atoms with Gasteiger partial charge in [0.25, 0.3) is 0 Å². The molecule has 1 aliphatic rings. The fourth-order valence-corrected chi connectivity index (χ4v) is 5.52. The first-order valence-electron chi connectivity index (χ1n) is 13.6. The average Bonchev–Trinajstić information content (AvgIpc) is 3.33. The van der Waals surface area contributed by atoms with Gasteiger partial charge in [0.1, 0.15) is 5.82 Å². The summed E-state index contributed by atoms with van der Waals surface area (Å²) in [5.41, 5.74) is 12.0. The molecule has 7 nitrogen and oxygen atoms in total. The summed E-state index contributed by atoms with van der Waals surface area (Å²) in [4.78, 5) is 24.5. The van der Waals surface area contributed by atoms with Gasteiger partial charge in [-0.15, -0.1) is 0 Å². The van der Waals surface area contributed by atoms with Crippen LogP contribution in [0.4, 0.5) is 0 Å². The highest BCUT2D eigenvalue weighted by Gasteiger charge is 2.29. The minimum atomic E-state index is -0.217. The zero-order valence-electron chi connectivity index (χ0n) is 22.1. The van der Waals surface area contributed by atoms with E-state index in [4.69, 9.17) is 15.5 Å². The van der Waals surface area contributed by atoms with Crippen LogP contribution in [-0.4, -0.2) is 58.2 Å². The molecule has 0 spiro atoms. The highest BCUT2D eigenvalue weighted by atomic mass is 16.5. The second-order valence-corrected chi connectivity index (χ2v) is 10.2. The Morgan fingerprint density at radius 2 is 1.95 bits per heavy atom. The molecule has 2 unspecified atom stereocenters. The molecule has 2 N–H and O–H groups in total. The maximum Gasteiger partial charge on any atom is 0.224 e. The van der Waals surface area contributed by atoms with E-state index < -0.39 is 0 Å². The maximum atomic E-state index is 13.3. The number of aryl methyl sites for hydroxylation is 1. The third-order valence-corrected chi connectivity index (χ3v) is 7.44. The number of pyridine rings is 1. The van der Waals surface area contributed by atoms with Crippen LogP contribution in [0.25, 0.3) is 22.2 Å². The van der Waals surface area contributed by atoms with E-state index >= 15 is 0 Å². The Bertz CT molecular complexity index is 1340. The average molecular weight is 512 g/mol. The second kappa shape index (κ2) is 12.3. The van der Waals surface area contributed by atoms with E-state index in [-0.39, 0.29) is 17.9 Å². The number of benzene rings is 2. The highest BCUT2D eigenvalue weighted by Crippen LogP contribution is 2.30. The Morgan fingerprint density at radius 3 is 2.74 bits per heavy atom. The number of likely N-dealkylation sites (tertiary alicyclic amines) is 1. The summed E-state index contributed by atoms with van der Waals surface area (Å²) in [5, 5.41) is 0. The smallest absolute Gasteiger partial charge is 0.224 e. The lowest BCUT2D eigenvalue weighted by Crippen LogP contribution is -2.42. The number of ether oxygens (including phenoxy) is 1. The van der Waals surface area contributed by atoms with Gasteiger partial charge in [0.2, 0.25) is 5.91 Å². The molecule has 1 saturated heterocycles. The Morgan fingerprint density at radius 1 is 1.11 bits per heavy atom. The van der Waals surface area contributed by atoms with Crippen LogP contribution in [0.5, 0.6) is 0 Å². The number of nitrogens with two attached hydrogens (primary N) is 1. The molecule has 0 radical (unpaired) electrons. The number of aromatic nitrogens is 3. The van der Waals surface area contributed by atoms with Crippen molar-refractivity contribution in [2.24, 2.45) is 5.73 Å². The molecule has 5 rings (SSSR count).